The predicted octanol–water partition coefficient (Wildman–Crippen LogP) is 5.45. The summed E-state index contributed by atoms with van der Waals surface area (Å²) in [5.41, 5.74) is 1.93. The first-order valence-corrected chi connectivity index (χ1v) is 11.7. The van der Waals surface area contributed by atoms with Gasteiger partial charge in [-0.1, -0.05) is 78.9 Å². The van der Waals surface area contributed by atoms with Gasteiger partial charge in [-0.3, -0.25) is 4.99 Å². The first-order valence-electron chi connectivity index (χ1n) is 10.5. The lowest BCUT2D eigenvalue weighted by atomic mass is 10.1. The van der Waals surface area contributed by atoms with Gasteiger partial charge in [-0.15, -0.1) is 0 Å². The molecule has 0 saturated heterocycles. The van der Waals surface area contributed by atoms with Crippen LogP contribution in [0.3, 0.4) is 0 Å². The number of rotatable bonds is 6. The van der Waals surface area contributed by atoms with E-state index in [2.05, 4.69) is 118 Å². The summed E-state index contributed by atoms with van der Waals surface area (Å²) in [6.45, 7) is 9.50. The van der Waals surface area contributed by atoms with E-state index < -0.39 is 13.7 Å². The molecule has 30 heavy (non-hydrogen) atoms. The molecule has 3 aromatic rings. The van der Waals surface area contributed by atoms with Crippen molar-refractivity contribution in [1.29, 1.82) is 0 Å². The molecule has 0 N–H and O–H groups in total. The van der Waals surface area contributed by atoms with Crippen LogP contribution >= 0.6 is 8.15 Å². The van der Waals surface area contributed by atoms with Gasteiger partial charge < -0.3 is 9.42 Å². The molecule has 3 aromatic carbocycles. The van der Waals surface area contributed by atoms with Crippen LogP contribution in [0.2, 0.25) is 0 Å². The summed E-state index contributed by atoms with van der Waals surface area (Å²) in [7, 11) is -0.972. The number of anilines is 1. The molecule has 1 aliphatic rings. The van der Waals surface area contributed by atoms with E-state index in [4.69, 9.17) is 9.52 Å². The highest BCUT2D eigenvalue weighted by Crippen LogP contribution is 2.42. The van der Waals surface area contributed by atoms with Gasteiger partial charge >= 0.3 is 0 Å². The van der Waals surface area contributed by atoms with E-state index in [0.717, 1.165) is 12.4 Å². The van der Waals surface area contributed by atoms with E-state index in [0.29, 0.717) is 0 Å². The van der Waals surface area contributed by atoms with Crippen molar-refractivity contribution in [3.8, 4) is 0 Å². The summed E-state index contributed by atoms with van der Waals surface area (Å²) in [4.78, 5) is 7.36. The summed E-state index contributed by atoms with van der Waals surface area (Å²) in [5, 5.41) is 2.42. The van der Waals surface area contributed by atoms with Crippen molar-refractivity contribution in [3.05, 3.63) is 90.5 Å². The van der Waals surface area contributed by atoms with E-state index in [1.807, 2.05) is 0 Å². The zero-order valence-electron chi connectivity index (χ0n) is 18.1. The second-order valence-electron chi connectivity index (χ2n) is 8.27. The van der Waals surface area contributed by atoms with Crippen LogP contribution in [0.15, 0.2) is 89.9 Å². The van der Waals surface area contributed by atoms with Gasteiger partial charge in [0.15, 0.2) is 0 Å². The van der Waals surface area contributed by atoms with Gasteiger partial charge in [-0.05, 0) is 39.3 Å². The Bertz CT molecular complexity index is 978. The van der Waals surface area contributed by atoms with E-state index in [9.17, 15) is 0 Å². The Morgan fingerprint density at radius 1 is 0.867 bits per heavy atom. The average molecular weight is 417 g/mol. The van der Waals surface area contributed by atoms with E-state index in [1.54, 1.807) is 0 Å². The second-order valence-corrected chi connectivity index (χ2v) is 10.1. The molecule has 0 radical (unpaired) electrons. The molecule has 0 unspecified atom stereocenters. The molecule has 0 aliphatic carbocycles. The third kappa shape index (κ3) is 4.33. The van der Waals surface area contributed by atoms with Gasteiger partial charge in [-0.2, -0.15) is 0 Å². The standard InChI is InChI=1S/C26H29N2OP/c1-20-13-11-12-18-24(20)28-19-21(2)27-25(28)26(3,4)29-30(22-14-7-5-8-15-22)23-16-9-6-10-17-23/h5-18,21H,19H2,1-4H3/t21-/m0/s1. The first-order chi connectivity index (χ1) is 14.5. The Kier molecular flexibility index (Phi) is 6.04. The highest BCUT2D eigenvalue weighted by molar-refractivity contribution is 7.68. The van der Waals surface area contributed by atoms with Crippen LogP contribution in [0.5, 0.6) is 0 Å². The fourth-order valence-electron chi connectivity index (χ4n) is 3.88. The predicted molar refractivity (Wildman–Crippen MR) is 130 cm³/mol. The molecule has 4 rings (SSSR count). The Morgan fingerprint density at radius 3 is 1.97 bits per heavy atom. The maximum absolute atomic E-state index is 6.93. The number of benzene rings is 3. The molecule has 0 amide bonds. The lowest BCUT2D eigenvalue weighted by Gasteiger charge is -2.36. The first kappa shape index (κ1) is 20.8. The van der Waals surface area contributed by atoms with Crippen molar-refractivity contribution in [3.63, 3.8) is 0 Å². The van der Waals surface area contributed by atoms with Crippen LogP contribution in [0.4, 0.5) is 5.69 Å². The molecule has 0 spiro atoms. The molecular formula is C26H29N2OP. The summed E-state index contributed by atoms with van der Waals surface area (Å²) in [5.74, 6) is 1.00. The van der Waals surface area contributed by atoms with Crippen molar-refractivity contribution in [2.75, 3.05) is 11.4 Å². The summed E-state index contributed by atoms with van der Waals surface area (Å²) >= 11 is 0. The third-order valence-corrected chi connectivity index (χ3v) is 7.46. The topological polar surface area (TPSA) is 24.8 Å². The molecule has 1 aliphatic heterocycles. The van der Waals surface area contributed by atoms with Crippen LogP contribution in [0.1, 0.15) is 26.3 Å². The molecule has 1 atom stereocenters. The minimum absolute atomic E-state index is 0.238. The van der Waals surface area contributed by atoms with Gasteiger partial charge in [0.05, 0.1) is 14.2 Å². The minimum Gasteiger partial charge on any atom is -0.336 e. The molecular weight excluding hydrogens is 387 g/mol. The van der Waals surface area contributed by atoms with Gasteiger partial charge in [0, 0.05) is 22.8 Å². The number of hydrogen-bond donors (Lipinski definition) is 0. The van der Waals surface area contributed by atoms with Gasteiger partial charge in [0.25, 0.3) is 0 Å². The molecule has 0 saturated carbocycles. The fraction of sp³-hybridized carbons (Fsp3) is 0.269. The normalized spacial score (nSPS) is 16.8. The van der Waals surface area contributed by atoms with E-state index >= 15 is 0 Å². The van der Waals surface area contributed by atoms with Crippen LogP contribution in [0, 0.1) is 6.92 Å². The van der Waals surface area contributed by atoms with Crippen LogP contribution in [0.25, 0.3) is 0 Å². The van der Waals surface area contributed by atoms with Crippen molar-refractivity contribution < 1.29 is 4.52 Å². The van der Waals surface area contributed by atoms with Crippen LogP contribution in [-0.4, -0.2) is 24.0 Å². The Balaban J connectivity index is 1.70. The average Bonchev–Trinajstić information content (AvgIpc) is 3.16. The number of aliphatic imine (C=N–C) groups is 1. The smallest absolute Gasteiger partial charge is 0.136 e. The monoisotopic (exact) mass is 416 g/mol. The Morgan fingerprint density at radius 2 is 1.40 bits per heavy atom. The SMILES string of the molecule is Cc1ccccc1N1C[C@H](C)N=C1C(C)(C)OP(c1ccccc1)c1ccccc1. The maximum Gasteiger partial charge on any atom is 0.136 e. The summed E-state index contributed by atoms with van der Waals surface area (Å²) in [6.07, 6.45) is 0. The van der Waals surface area contributed by atoms with Crippen LogP contribution in [-0.2, 0) is 4.52 Å². The molecule has 1 heterocycles. The molecule has 0 aromatic heterocycles. The van der Waals surface area contributed by atoms with Crippen molar-refractivity contribution in [2.24, 2.45) is 4.99 Å². The highest BCUT2D eigenvalue weighted by atomic mass is 31.1. The van der Waals surface area contributed by atoms with Crippen molar-refractivity contribution in [2.45, 2.75) is 39.3 Å². The summed E-state index contributed by atoms with van der Waals surface area (Å²) in [6, 6.07) is 29.8. The molecule has 4 heteroatoms. The minimum atomic E-state index is -0.972. The maximum atomic E-state index is 6.93. The molecule has 0 fully saturated rings. The zero-order chi connectivity index (χ0) is 21.1. The molecule has 0 bridgehead atoms. The van der Waals surface area contributed by atoms with E-state index in [-0.39, 0.29) is 6.04 Å². The quantitative estimate of drug-likeness (QED) is 0.500. The third-order valence-electron chi connectivity index (χ3n) is 5.29. The van der Waals surface area contributed by atoms with Crippen LogP contribution < -0.4 is 15.5 Å². The largest absolute Gasteiger partial charge is 0.336 e. The Labute approximate surface area is 181 Å². The summed E-state index contributed by atoms with van der Waals surface area (Å²) < 4.78 is 6.93. The number of amidine groups is 1. The second kappa shape index (κ2) is 8.71. The number of nitrogens with zero attached hydrogens (tertiary/aromatic N) is 2. The number of para-hydroxylation sites is 1. The van der Waals surface area contributed by atoms with E-state index in [1.165, 1.54) is 21.9 Å². The van der Waals surface area contributed by atoms with Gasteiger partial charge in [-0.25, -0.2) is 0 Å². The highest BCUT2D eigenvalue weighted by Gasteiger charge is 2.39. The van der Waals surface area contributed by atoms with Crippen molar-refractivity contribution in [1.82, 2.24) is 0 Å². The van der Waals surface area contributed by atoms with Gasteiger partial charge in [0.1, 0.15) is 11.4 Å². The lowest BCUT2D eigenvalue weighted by Crippen LogP contribution is -2.45. The molecule has 3 nitrogen and oxygen atoms in total. The Hall–Kier alpha value is -2.48. The van der Waals surface area contributed by atoms with Crippen molar-refractivity contribution >= 4 is 30.3 Å². The zero-order valence-corrected chi connectivity index (χ0v) is 19.0. The number of hydrogen-bond acceptors (Lipinski definition) is 3. The number of aryl methyl sites for hydroxylation is 1. The fourth-order valence-corrected chi connectivity index (χ4v) is 5.81. The lowest BCUT2D eigenvalue weighted by molar-refractivity contribution is 0.210. The molecule has 154 valence electrons. The van der Waals surface area contributed by atoms with Gasteiger partial charge in [0.2, 0.25) is 0 Å².